The number of benzene rings is 1. The number of carbonyl (C=O) groups excluding carboxylic acids is 1. The molecule has 0 heterocycles. The zero-order valence-corrected chi connectivity index (χ0v) is 9.53. The molecule has 0 fully saturated rings. The first-order valence-electron chi connectivity index (χ1n) is 4.90. The summed E-state index contributed by atoms with van der Waals surface area (Å²) in [6.45, 7) is 5.52. The molecular formula is C12H16O3. The minimum Gasteiger partial charge on any atom is -0.497 e. The molecule has 15 heavy (non-hydrogen) atoms. The van der Waals surface area contributed by atoms with Crippen LogP contribution < -0.4 is 4.74 Å². The Labute approximate surface area is 90.0 Å². The van der Waals surface area contributed by atoms with Crippen LogP contribution in [0.4, 0.5) is 0 Å². The fourth-order valence-corrected chi connectivity index (χ4v) is 1.27. The maximum Gasteiger partial charge on any atom is 0.338 e. The lowest BCUT2D eigenvalue weighted by Gasteiger charge is -2.10. The number of hydrogen-bond acceptors (Lipinski definition) is 3. The van der Waals surface area contributed by atoms with Crippen molar-refractivity contribution in [1.29, 1.82) is 0 Å². The molecule has 0 aromatic heterocycles. The molecule has 3 nitrogen and oxygen atoms in total. The lowest BCUT2D eigenvalue weighted by atomic mass is 10.1. The first-order valence-corrected chi connectivity index (χ1v) is 4.90. The number of aryl methyl sites for hydroxylation is 1. The van der Waals surface area contributed by atoms with Gasteiger partial charge >= 0.3 is 5.97 Å². The summed E-state index contributed by atoms with van der Waals surface area (Å²) in [5, 5.41) is 0. The van der Waals surface area contributed by atoms with Gasteiger partial charge in [0.05, 0.1) is 18.8 Å². The van der Waals surface area contributed by atoms with Crippen molar-refractivity contribution in [2.24, 2.45) is 0 Å². The fourth-order valence-electron chi connectivity index (χ4n) is 1.27. The van der Waals surface area contributed by atoms with Gasteiger partial charge in [-0.25, -0.2) is 4.79 Å². The molecule has 0 saturated carbocycles. The maximum atomic E-state index is 11.6. The molecule has 0 radical (unpaired) electrons. The van der Waals surface area contributed by atoms with E-state index < -0.39 is 0 Å². The minimum atomic E-state index is -0.287. The highest BCUT2D eigenvalue weighted by Gasteiger charge is 2.12. The van der Waals surface area contributed by atoms with Crippen molar-refractivity contribution in [3.8, 4) is 5.75 Å². The molecule has 0 unspecified atom stereocenters. The second kappa shape index (κ2) is 4.82. The molecule has 0 aliphatic rings. The van der Waals surface area contributed by atoms with Gasteiger partial charge in [0.2, 0.25) is 0 Å². The van der Waals surface area contributed by atoms with Crippen LogP contribution in [0.1, 0.15) is 29.8 Å². The van der Waals surface area contributed by atoms with Crippen molar-refractivity contribution in [1.82, 2.24) is 0 Å². The molecular weight excluding hydrogens is 192 g/mol. The van der Waals surface area contributed by atoms with Gasteiger partial charge in [0.15, 0.2) is 0 Å². The van der Waals surface area contributed by atoms with Crippen LogP contribution in [0.2, 0.25) is 0 Å². The lowest BCUT2D eigenvalue weighted by molar-refractivity contribution is 0.0377. The summed E-state index contributed by atoms with van der Waals surface area (Å²) < 4.78 is 10.2. The Hall–Kier alpha value is -1.51. The van der Waals surface area contributed by atoms with Crippen molar-refractivity contribution in [2.75, 3.05) is 7.11 Å². The minimum absolute atomic E-state index is 0.0981. The molecule has 1 aromatic carbocycles. The van der Waals surface area contributed by atoms with E-state index in [4.69, 9.17) is 9.47 Å². The summed E-state index contributed by atoms with van der Waals surface area (Å²) in [5.74, 6) is 0.457. The topological polar surface area (TPSA) is 35.5 Å². The predicted molar refractivity (Wildman–Crippen MR) is 58.3 cm³/mol. The van der Waals surface area contributed by atoms with Gasteiger partial charge in [-0.1, -0.05) is 0 Å². The summed E-state index contributed by atoms with van der Waals surface area (Å²) >= 11 is 0. The van der Waals surface area contributed by atoms with E-state index in [-0.39, 0.29) is 12.1 Å². The third-order valence-electron chi connectivity index (χ3n) is 2.00. The van der Waals surface area contributed by atoms with Gasteiger partial charge in [0, 0.05) is 0 Å². The van der Waals surface area contributed by atoms with E-state index in [9.17, 15) is 4.79 Å². The second-order valence-electron chi connectivity index (χ2n) is 3.63. The smallest absolute Gasteiger partial charge is 0.338 e. The largest absolute Gasteiger partial charge is 0.497 e. The standard InChI is InChI=1S/C12H16O3/c1-8(2)15-12(13)11-6-5-10(14-4)7-9(11)3/h5-8H,1-4H3. The normalized spacial score (nSPS) is 10.2. The molecule has 3 heteroatoms. The predicted octanol–water partition coefficient (Wildman–Crippen LogP) is 2.57. The molecule has 82 valence electrons. The summed E-state index contributed by atoms with van der Waals surface area (Å²) in [4.78, 5) is 11.6. The molecule has 0 aliphatic heterocycles. The fraction of sp³-hybridized carbons (Fsp3) is 0.417. The summed E-state index contributed by atoms with van der Waals surface area (Å²) in [7, 11) is 1.60. The summed E-state index contributed by atoms with van der Waals surface area (Å²) in [5.41, 5.74) is 1.45. The third kappa shape index (κ3) is 2.98. The van der Waals surface area contributed by atoms with E-state index >= 15 is 0 Å². The maximum absolute atomic E-state index is 11.6. The van der Waals surface area contributed by atoms with Gasteiger partial charge in [-0.05, 0) is 44.5 Å². The number of esters is 1. The van der Waals surface area contributed by atoms with Crippen LogP contribution >= 0.6 is 0 Å². The van der Waals surface area contributed by atoms with Gasteiger partial charge in [0.1, 0.15) is 5.75 Å². The lowest BCUT2D eigenvalue weighted by Crippen LogP contribution is -2.12. The van der Waals surface area contributed by atoms with E-state index in [1.54, 1.807) is 19.2 Å². The van der Waals surface area contributed by atoms with Gasteiger partial charge < -0.3 is 9.47 Å². The van der Waals surface area contributed by atoms with Crippen LogP contribution in [0.15, 0.2) is 18.2 Å². The van der Waals surface area contributed by atoms with Crippen molar-refractivity contribution in [3.05, 3.63) is 29.3 Å². The molecule has 1 aromatic rings. The molecule has 1 rings (SSSR count). The first kappa shape index (κ1) is 11.6. The molecule has 0 aliphatic carbocycles. The van der Waals surface area contributed by atoms with E-state index in [1.807, 2.05) is 26.8 Å². The SMILES string of the molecule is COc1ccc(C(=O)OC(C)C)c(C)c1. The highest BCUT2D eigenvalue weighted by atomic mass is 16.5. The Kier molecular flexibility index (Phi) is 3.72. The van der Waals surface area contributed by atoms with Crippen LogP contribution in [0.3, 0.4) is 0 Å². The summed E-state index contributed by atoms with van der Waals surface area (Å²) in [6, 6.07) is 5.29. The number of carbonyl (C=O) groups is 1. The van der Waals surface area contributed by atoms with E-state index in [0.717, 1.165) is 11.3 Å². The van der Waals surface area contributed by atoms with E-state index in [2.05, 4.69) is 0 Å². The average Bonchev–Trinajstić information content (AvgIpc) is 2.16. The van der Waals surface area contributed by atoms with Gasteiger partial charge in [-0.2, -0.15) is 0 Å². The third-order valence-corrected chi connectivity index (χ3v) is 2.00. The van der Waals surface area contributed by atoms with Crippen molar-refractivity contribution in [2.45, 2.75) is 26.9 Å². The van der Waals surface area contributed by atoms with Gasteiger partial charge in [0.25, 0.3) is 0 Å². The number of methoxy groups -OCH3 is 1. The molecule has 0 amide bonds. The number of ether oxygens (including phenoxy) is 2. The molecule has 0 atom stereocenters. The first-order chi connectivity index (χ1) is 7.04. The van der Waals surface area contributed by atoms with E-state index in [0.29, 0.717) is 5.56 Å². The monoisotopic (exact) mass is 208 g/mol. The number of hydrogen-bond donors (Lipinski definition) is 0. The summed E-state index contributed by atoms with van der Waals surface area (Å²) in [6.07, 6.45) is -0.0981. The van der Waals surface area contributed by atoms with Crippen LogP contribution in [0.25, 0.3) is 0 Å². The number of rotatable bonds is 3. The molecule has 0 N–H and O–H groups in total. The molecule has 0 spiro atoms. The Morgan fingerprint density at radius 1 is 1.33 bits per heavy atom. The molecule has 0 saturated heterocycles. The molecule has 0 bridgehead atoms. The van der Waals surface area contributed by atoms with Gasteiger partial charge in [-0.15, -0.1) is 0 Å². The van der Waals surface area contributed by atoms with Crippen molar-refractivity contribution in [3.63, 3.8) is 0 Å². The van der Waals surface area contributed by atoms with Gasteiger partial charge in [-0.3, -0.25) is 0 Å². The Bertz CT molecular complexity index is 356. The van der Waals surface area contributed by atoms with Crippen LogP contribution in [-0.2, 0) is 4.74 Å². The van der Waals surface area contributed by atoms with E-state index in [1.165, 1.54) is 0 Å². The van der Waals surface area contributed by atoms with Crippen molar-refractivity contribution >= 4 is 5.97 Å². The average molecular weight is 208 g/mol. The zero-order chi connectivity index (χ0) is 11.4. The second-order valence-corrected chi connectivity index (χ2v) is 3.63. The van der Waals surface area contributed by atoms with Crippen LogP contribution in [0.5, 0.6) is 5.75 Å². The highest BCUT2D eigenvalue weighted by molar-refractivity contribution is 5.91. The Balaban J connectivity index is 2.90. The Morgan fingerprint density at radius 3 is 2.47 bits per heavy atom. The van der Waals surface area contributed by atoms with Crippen LogP contribution in [0, 0.1) is 6.92 Å². The zero-order valence-electron chi connectivity index (χ0n) is 9.53. The van der Waals surface area contributed by atoms with Crippen LogP contribution in [-0.4, -0.2) is 19.2 Å². The Morgan fingerprint density at radius 2 is 2.00 bits per heavy atom. The van der Waals surface area contributed by atoms with Crippen molar-refractivity contribution < 1.29 is 14.3 Å². The quantitative estimate of drug-likeness (QED) is 0.716. The highest BCUT2D eigenvalue weighted by Crippen LogP contribution is 2.17.